The maximum Gasteiger partial charge on any atom is 0.203 e. The predicted octanol–water partition coefficient (Wildman–Crippen LogP) is 2.43. The van der Waals surface area contributed by atoms with Gasteiger partial charge in [-0.2, -0.15) is 0 Å². The number of hydrogen-bond acceptors (Lipinski definition) is 3. The summed E-state index contributed by atoms with van der Waals surface area (Å²) in [5.74, 6) is 0.502. The Kier molecular flexibility index (Phi) is 3.50. The number of nitrogens with zero attached hydrogens (tertiary/aromatic N) is 2. The normalized spacial score (nSPS) is 12.6. The number of aliphatic hydroxyl groups excluding tert-OH is 1. The second-order valence-corrected chi connectivity index (χ2v) is 4.85. The van der Waals surface area contributed by atoms with Gasteiger partial charge in [0, 0.05) is 6.54 Å². The minimum absolute atomic E-state index is 0.275. The van der Waals surface area contributed by atoms with Gasteiger partial charge in [0.2, 0.25) is 5.62 Å². The van der Waals surface area contributed by atoms with E-state index < -0.39 is 6.10 Å². The van der Waals surface area contributed by atoms with E-state index in [1.54, 1.807) is 22.8 Å². The van der Waals surface area contributed by atoms with Crippen LogP contribution in [0.3, 0.4) is 0 Å². The first-order valence-electron chi connectivity index (χ1n) is 6.77. The molecule has 0 amide bonds. The van der Waals surface area contributed by atoms with Gasteiger partial charge in [0.1, 0.15) is 11.9 Å². The molecule has 5 nitrogen and oxygen atoms in total. The Morgan fingerprint density at radius 2 is 1.90 bits per heavy atom. The van der Waals surface area contributed by atoms with Gasteiger partial charge in [0.15, 0.2) is 0 Å². The molecule has 2 aromatic heterocycles. The quantitative estimate of drug-likeness (QED) is 0.706. The Balaban J connectivity index is 2.08. The van der Waals surface area contributed by atoms with Gasteiger partial charge < -0.3 is 18.7 Å². The van der Waals surface area contributed by atoms with Crippen LogP contribution in [0.1, 0.15) is 11.9 Å². The highest BCUT2D eigenvalue weighted by molar-refractivity contribution is 5.75. The van der Waals surface area contributed by atoms with Gasteiger partial charge in [-0.1, -0.05) is 18.2 Å². The van der Waals surface area contributed by atoms with Crippen LogP contribution < -0.4 is 5.62 Å². The Morgan fingerprint density at radius 1 is 1.19 bits per heavy atom. The van der Waals surface area contributed by atoms with Crippen molar-refractivity contribution in [2.75, 3.05) is 0 Å². The minimum atomic E-state index is -0.780. The van der Waals surface area contributed by atoms with Crippen LogP contribution >= 0.6 is 0 Å². The molecule has 0 radical (unpaired) electrons. The lowest BCUT2D eigenvalue weighted by molar-refractivity contribution is 0.130. The SMILES string of the molecule is C=CCn1c(=N)n(C[C@H](O)c2ccco2)c2ccccc21. The fourth-order valence-electron chi connectivity index (χ4n) is 2.54. The van der Waals surface area contributed by atoms with Crippen LogP contribution in [0.15, 0.2) is 59.7 Å². The van der Waals surface area contributed by atoms with Crippen molar-refractivity contribution in [2.24, 2.45) is 0 Å². The molecule has 21 heavy (non-hydrogen) atoms. The number of allylic oxidation sites excluding steroid dienone is 1. The summed E-state index contributed by atoms with van der Waals surface area (Å²) in [7, 11) is 0. The van der Waals surface area contributed by atoms with Crippen molar-refractivity contribution in [1.29, 1.82) is 5.41 Å². The molecule has 0 bridgehead atoms. The zero-order valence-corrected chi connectivity index (χ0v) is 11.6. The van der Waals surface area contributed by atoms with E-state index >= 15 is 0 Å². The second kappa shape index (κ2) is 5.46. The van der Waals surface area contributed by atoms with Crippen LogP contribution in [0, 0.1) is 5.41 Å². The third-order valence-corrected chi connectivity index (χ3v) is 3.51. The molecular weight excluding hydrogens is 266 g/mol. The zero-order valence-electron chi connectivity index (χ0n) is 11.6. The van der Waals surface area contributed by atoms with Crippen LogP contribution in [0.2, 0.25) is 0 Å². The third-order valence-electron chi connectivity index (χ3n) is 3.51. The fraction of sp³-hybridized carbons (Fsp3) is 0.188. The summed E-state index contributed by atoms with van der Waals surface area (Å²) < 4.78 is 8.87. The molecule has 1 atom stereocenters. The van der Waals surface area contributed by atoms with Gasteiger partial charge in [-0.05, 0) is 24.3 Å². The number of hydrogen-bond donors (Lipinski definition) is 2. The van der Waals surface area contributed by atoms with Crippen LogP contribution in [0.4, 0.5) is 0 Å². The Labute approximate surface area is 121 Å². The molecule has 0 aliphatic carbocycles. The van der Waals surface area contributed by atoms with Crippen molar-refractivity contribution in [3.8, 4) is 0 Å². The average molecular weight is 283 g/mol. The summed E-state index contributed by atoms with van der Waals surface area (Å²) in [6.45, 7) is 4.57. The van der Waals surface area contributed by atoms with Crippen LogP contribution in [-0.2, 0) is 13.1 Å². The molecule has 0 saturated carbocycles. The largest absolute Gasteiger partial charge is 0.467 e. The van der Waals surface area contributed by atoms with Crippen molar-refractivity contribution in [3.63, 3.8) is 0 Å². The number of imidazole rings is 1. The van der Waals surface area contributed by atoms with E-state index in [1.807, 2.05) is 28.8 Å². The summed E-state index contributed by atoms with van der Waals surface area (Å²) in [5, 5.41) is 18.6. The number of para-hydroxylation sites is 2. The summed E-state index contributed by atoms with van der Waals surface area (Å²) >= 11 is 0. The summed E-state index contributed by atoms with van der Waals surface area (Å²) in [6.07, 6.45) is 2.51. The standard InChI is InChI=1S/C16H17N3O2/c1-2-9-18-12-6-3-4-7-13(12)19(16(18)17)11-14(20)15-8-5-10-21-15/h2-8,10,14,17,20H,1,9,11H2/t14-/m0/s1. The van der Waals surface area contributed by atoms with Gasteiger partial charge in [-0.3, -0.25) is 5.41 Å². The van der Waals surface area contributed by atoms with E-state index in [9.17, 15) is 5.11 Å². The summed E-state index contributed by atoms with van der Waals surface area (Å²) in [5.41, 5.74) is 2.20. The molecule has 0 aliphatic heterocycles. The zero-order chi connectivity index (χ0) is 14.8. The topological polar surface area (TPSA) is 67.1 Å². The summed E-state index contributed by atoms with van der Waals surface area (Å²) in [4.78, 5) is 0. The first-order chi connectivity index (χ1) is 10.2. The fourth-order valence-corrected chi connectivity index (χ4v) is 2.54. The maximum atomic E-state index is 10.3. The molecule has 0 aliphatic rings. The highest BCUT2D eigenvalue weighted by atomic mass is 16.4. The Hall–Kier alpha value is -2.53. The van der Waals surface area contributed by atoms with E-state index in [2.05, 4.69) is 6.58 Å². The van der Waals surface area contributed by atoms with Crippen LogP contribution in [0.25, 0.3) is 11.0 Å². The third kappa shape index (κ3) is 2.32. The highest BCUT2D eigenvalue weighted by Gasteiger charge is 2.16. The van der Waals surface area contributed by atoms with Gasteiger partial charge >= 0.3 is 0 Å². The lowest BCUT2D eigenvalue weighted by Gasteiger charge is -2.09. The smallest absolute Gasteiger partial charge is 0.203 e. The van der Waals surface area contributed by atoms with E-state index in [4.69, 9.17) is 9.83 Å². The van der Waals surface area contributed by atoms with Gasteiger partial charge in [0.05, 0.1) is 23.8 Å². The van der Waals surface area contributed by atoms with Gasteiger partial charge in [-0.25, -0.2) is 0 Å². The molecule has 0 unspecified atom stereocenters. The van der Waals surface area contributed by atoms with Gasteiger partial charge in [0.25, 0.3) is 0 Å². The molecular formula is C16H17N3O2. The molecule has 3 aromatic rings. The monoisotopic (exact) mass is 283 g/mol. The molecule has 1 aromatic carbocycles. The molecule has 5 heteroatoms. The van der Waals surface area contributed by atoms with E-state index in [-0.39, 0.29) is 6.54 Å². The lowest BCUT2D eigenvalue weighted by Crippen LogP contribution is -2.26. The summed E-state index contributed by atoms with van der Waals surface area (Å²) in [6, 6.07) is 11.3. The first-order valence-corrected chi connectivity index (χ1v) is 6.77. The molecule has 0 saturated heterocycles. The van der Waals surface area contributed by atoms with Crippen molar-refractivity contribution >= 4 is 11.0 Å². The molecule has 0 fully saturated rings. The number of aliphatic hydroxyl groups is 1. The molecule has 2 heterocycles. The molecule has 2 N–H and O–H groups in total. The first kappa shape index (κ1) is 13.5. The number of rotatable bonds is 5. The predicted molar refractivity (Wildman–Crippen MR) is 79.6 cm³/mol. The van der Waals surface area contributed by atoms with Crippen molar-refractivity contribution < 1.29 is 9.52 Å². The Bertz CT molecular complexity index is 812. The number of benzene rings is 1. The number of fused-ring (bicyclic) bond motifs is 1. The molecule has 3 rings (SSSR count). The van der Waals surface area contributed by atoms with Crippen molar-refractivity contribution in [1.82, 2.24) is 9.13 Å². The molecule has 108 valence electrons. The molecule has 0 spiro atoms. The number of aromatic nitrogens is 2. The van der Waals surface area contributed by atoms with E-state index in [0.717, 1.165) is 11.0 Å². The minimum Gasteiger partial charge on any atom is -0.467 e. The average Bonchev–Trinajstić information content (AvgIpc) is 3.11. The second-order valence-electron chi connectivity index (χ2n) is 4.85. The van der Waals surface area contributed by atoms with Crippen LogP contribution in [0.5, 0.6) is 0 Å². The number of nitrogens with one attached hydrogen (secondary N) is 1. The number of furan rings is 1. The van der Waals surface area contributed by atoms with Crippen molar-refractivity contribution in [3.05, 3.63) is 66.7 Å². The highest BCUT2D eigenvalue weighted by Crippen LogP contribution is 2.19. The maximum absolute atomic E-state index is 10.3. The van der Waals surface area contributed by atoms with Gasteiger partial charge in [-0.15, -0.1) is 6.58 Å². The lowest BCUT2D eigenvalue weighted by atomic mass is 10.2. The van der Waals surface area contributed by atoms with Crippen LogP contribution in [-0.4, -0.2) is 14.2 Å². The van der Waals surface area contributed by atoms with Crippen molar-refractivity contribution in [2.45, 2.75) is 19.2 Å². The Morgan fingerprint density at radius 3 is 2.52 bits per heavy atom. The van der Waals surface area contributed by atoms with E-state index in [1.165, 1.54) is 6.26 Å². The van der Waals surface area contributed by atoms with E-state index in [0.29, 0.717) is 17.9 Å².